The van der Waals surface area contributed by atoms with Crippen molar-refractivity contribution in [3.8, 4) is 5.75 Å². The molecule has 1 aromatic heterocycles. The van der Waals surface area contributed by atoms with Crippen LogP contribution in [0.1, 0.15) is 32.5 Å². The van der Waals surface area contributed by atoms with Gasteiger partial charge in [-0.1, -0.05) is 24.3 Å². The molecular formula is C28H32N6O4S2. The predicted octanol–water partition coefficient (Wildman–Crippen LogP) is 3.14. The molecule has 1 unspecified atom stereocenters. The van der Waals surface area contributed by atoms with Crippen molar-refractivity contribution >= 4 is 43.3 Å². The molecule has 210 valence electrons. The van der Waals surface area contributed by atoms with E-state index in [1.165, 1.54) is 23.5 Å². The minimum absolute atomic E-state index is 0.0296. The average Bonchev–Trinajstić information content (AvgIpc) is 3.36. The minimum Gasteiger partial charge on any atom is -0.497 e. The second-order valence-corrected chi connectivity index (χ2v) is 12.2. The number of likely N-dealkylation sites (N-methyl/N-ethyl adjacent to an activating group) is 1. The van der Waals surface area contributed by atoms with Gasteiger partial charge in [-0.05, 0) is 68.5 Å². The monoisotopic (exact) mass is 580 g/mol. The van der Waals surface area contributed by atoms with E-state index in [0.717, 1.165) is 15.8 Å². The number of hydrogen-bond acceptors (Lipinski definition) is 8. The lowest BCUT2D eigenvalue weighted by Crippen LogP contribution is -2.32. The Balaban J connectivity index is 1.66. The molecule has 4 aromatic rings. The van der Waals surface area contributed by atoms with Crippen LogP contribution in [0.2, 0.25) is 0 Å². The van der Waals surface area contributed by atoms with Crippen LogP contribution in [0.25, 0.3) is 10.2 Å². The zero-order chi connectivity index (χ0) is 28.9. The maximum Gasteiger partial charge on any atom is 0.251 e. The van der Waals surface area contributed by atoms with Gasteiger partial charge in [0.25, 0.3) is 5.91 Å². The summed E-state index contributed by atoms with van der Waals surface area (Å²) >= 11 is 1.37. The zero-order valence-electron chi connectivity index (χ0n) is 22.5. The van der Waals surface area contributed by atoms with E-state index in [1.54, 1.807) is 43.5 Å². The maximum absolute atomic E-state index is 13.6. The third-order valence-electron chi connectivity index (χ3n) is 6.14. The van der Waals surface area contributed by atoms with Gasteiger partial charge in [0.1, 0.15) is 16.6 Å². The normalized spacial score (nSPS) is 12.4. The average molecular weight is 581 g/mol. The second kappa shape index (κ2) is 12.6. The molecule has 12 heteroatoms. The first kappa shape index (κ1) is 29.2. The summed E-state index contributed by atoms with van der Waals surface area (Å²) in [6.07, 6.45) is 0.266. The summed E-state index contributed by atoms with van der Waals surface area (Å²) in [5.41, 5.74) is 7.98. The number of amides is 1. The number of nitrogen functional groups attached to an aromatic ring is 1. The van der Waals surface area contributed by atoms with Crippen molar-refractivity contribution < 1.29 is 17.9 Å². The molecule has 0 bridgehead atoms. The molecule has 0 aliphatic rings. The number of carbonyl (C=O) groups is 1. The number of hydrogen-bond donors (Lipinski definition) is 4. The smallest absolute Gasteiger partial charge is 0.251 e. The van der Waals surface area contributed by atoms with Crippen molar-refractivity contribution in [2.45, 2.75) is 17.4 Å². The highest BCUT2D eigenvalue weighted by Gasteiger charge is 2.26. The van der Waals surface area contributed by atoms with E-state index in [2.05, 4.69) is 10.0 Å². The number of sulfonamides is 1. The number of carbonyl (C=O) groups excluding carboxylic acids is 1. The van der Waals surface area contributed by atoms with Gasteiger partial charge in [0.05, 0.1) is 28.3 Å². The molecule has 0 saturated carbocycles. The molecule has 0 saturated heterocycles. The molecule has 5 N–H and O–H groups in total. The molecule has 0 spiro atoms. The molecule has 0 fully saturated rings. The fourth-order valence-corrected chi connectivity index (χ4v) is 6.40. The van der Waals surface area contributed by atoms with Crippen LogP contribution in [-0.4, -0.2) is 64.3 Å². The summed E-state index contributed by atoms with van der Waals surface area (Å²) in [6.45, 7) is 1.09. The Morgan fingerprint density at radius 2 is 1.85 bits per heavy atom. The number of rotatable bonds is 12. The zero-order valence-corrected chi connectivity index (χ0v) is 24.1. The Labute approximate surface area is 237 Å². The van der Waals surface area contributed by atoms with Crippen LogP contribution in [0.15, 0.2) is 71.6 Å². The molecule has 0 aliphatic carbocycles. The first-order valence-electron chi connectivity index (χ1n) is 12.5. The lowest BCUT2D eigenvalue weighted by molar-refractivity contribution is 0.0951. The highest BCUT2D eigenvalue weighted by Crippen LogP contribution is 2.32. The number of nitrogens with zero attached hydrogens (tertiary/aromatic N) is 2. The largest absolute Gasteiger partial charge is 0.497 e. The Bertz CT molecular complexity index is 1630. The van der Waals surface area contributed by atoms with E-state index < -0.39 is 16.1 Å². The molecule has 4 rings (SSSR count). The van der Waals surface area contributed by atoms with Crippen molar-refractivity contribution in [1.29, 1.82) is 5.41 Å². The SMILES string of the molecule is COc1ccc2nc(C(Cc3cccc(C(=N)N)c3)NS(=O)(=O)c3cccc(C(=O)NCCN(C)C)c3)sc2c1. The Morgan fingerprint density at radius 1 is 1.10 bits per heavy atom. The molecule has 3 aromatic carbocycles. The molecule has 1 atom stereocenters. The third kappa shape index (κ3) is 7.21. The van der Waals surface area contributed by atoms with E-state index in [-0.39, 0.29) is 28.6 Å². The van der Waals surface area contributed by atoms with E-state index in [0.29, 0.717) is 29.4 Å². The summed E-state index contributed by atoms with van der Waals surface area (Å²) in [4.78, 5) is 19.3. The van der Waals surface area contributed by atoms with Crippen molar-refractivity contribution in [2.24, 2.45) is 5.73 Å². The lowest BCUT2D eigenvalue weighted by Gasteiger charge is -2.18. The molecular weight excluding hydrogens is 548 g/mol. The number of benzene rings is 3. The quantitative estimate of drug-likeness (QED) is 0.148. The summed E-state index contributed by atoms with van der Waals surface area (Å²) < 4.78 is 36.2. The van der Waals surface area contributed by atoms with Crippen LogP contribution in [0.5, 0.6) is 5.75 Å². The summed E-state index contributed by atoms with van der Waals surface area (Å²) in [7, 11) is 1.33. The number of aromatic nitrogens is 1. The fourth-order valence-electron chi connectivity index (χ4n) is 4.03. The van der Waals surface area contributed by atoms with Crippen molar-refractivity contribution in [3.05, 3.63) is 88.4 Å². The molecule has 1 heterocycles. The van der Waals surface area contributed by atoms with E-state index in [9.17, 15) is 13.2 Å². The Morgan fingerprint density at radius 3 is 2.58 bits per heavy atom. The van der Waals surface area contributed by atoms with Gasteiger partial charge in [-0.15, -0.1) is 11.3 Å². The molecule has 1 amide bonds. The Hall–Kier alpha value is -3.84. The van der Waals surface area contributed by atoms with Crippen molar-refractivity contribution in [1.82, 2.24) is 19.9 Å². The van der Waals surface area contributed by atoms with Gasteiger partial charge in [-0.2, -0.15) is 0 Å². The second-order valence-electron chi connectivity index (χ2n) is 9.46. The van der Waals surface area contributed by atoms with Gasteiger partial charge in [0, 0.05) is 24.2 Å². The number of amidine groups is 1. The van der Waals surface area contributed by atoms with E-state index in [4.69, 9.17) is 20.9 Å². The summed E-state index contributed by atoms with van der Waals surface area (Å²) in [5, 5.41) is 11.1. The maximum atomic E-state index is 13.6. The predicted molar refractivity (Wildman–Crippen MR) is 158 cm³/mol. The first-order chi connectivity index (χ1) is 19.1. The van der Waals surface area contributed by atoms with Gasteiger partial charge < -0.3 is 20.7 Å². The van der Waals surface area contributed by atoms with Crippen LogP contribution < -0.4 is 20.5 Å². The van der Waals surface area contributed by atoms with Crippen LogP contribution in [0.4, 0.5) is 0 Å². The third-order valence-corrected chi connectivity index (χ3v) is 8.74. The summed E-state index contributed by atoms with van der Waals surface area (Å²) in [6, 6.07) is 17.8. The molecule has 0 aliphatic heterocycles. The van der Waals surface area contributed by atoms with Gasteiger partial charge >= 0.3 is 0 Å². The highest BCUT2D eigenvalue weighted by molar-refractivity contribution is 7.89. The van der Waals surface area contributed by atoms with Gasteiger partial charge in [0.2, 0.25) is 10.0 Å². The van der Waals surface area contributed by atoms with Crippen LogP contribution in [0.3, 0.4) is 0 Å². The van der Waals surface area contributed by atoms with Crippen molar-refractivity contribution in [3.63, 3.8) is 0 Å². The van der Waals surface area contributed by atoms with Crippen LogP contribution in [-0.2, 0) is 16.4 Å². The lowest BCUT2D eigenvalue weighted by atomic mass is 10.0. The number of thiazole rings is 1. The fraction of sp³-hybridized carbons (Fsp3) is 0.250. The van der Waals surface area contributed by atoms with E-state index in [1.807, 2.05) is 37.2 Å². The molecule has 0 radical (unpaired) electrons. The van der Waals surface area contributed by atoms with Gasteiger partial charge in [-0.3, -0.25) is 10.2 Å². The van der Waals surface area contributed by atoms with Gasteiger partial charge in [-0.25, -0.2) is 18.1 Å². The minimum atomic E-state index is -4.06. The van der Waals surface area contributed by atoms with Gasteiger partial charge in [0.15, 0.2) is 0 Å². The standard InChI is InChI=1S/C28H32N6O4S2/c1-34(2)13-12-31-27(35)20-8-5-9-22(16-20)40(36,37)33-24(15-18-6-4-7-19(14-18)26(29)30)28-32-23-11-10-21(38-3)17-25(23)39-28/h4-11,14,16-17,24,33H,12-13,15H2,1-3H3,(H3,29,30)(H,31,35). The Kier molecular flexibility index (Phi) is 9.15. The topological polar surface area (TPSA) is 150 Å². The first-order valence-corrected chi connectivity index (χ1v) is 14.8. The molecule has 40 heavy (non-hydrogen) atoms. The highest BCUT2D eigenvalue weighted by atomic mass is 32.2. The number of fused-ring (bicyclic) bond motifs is 1. The van der Waals surface area contributed by atoms with E-state index >= 15 is 0 Å². The number of ether oxygens (including phenoxy) is 1. The van der Waals surface area contributed by atoms with Crippen molar-refractivity contribution in [2.75, 3.05) is 34.3 Å². The number of methoxy groups -OCH3 is 1. The summed E-state index contributed by atoms with van der Waals surface area (Å²) in [5.74, 6) is 0.248. The molecule has 10 nitrogen and oxygen atoms in total. The number of nitrogens with two attached hydrogens (primary N) is 1. The van der Waals surface area contributed by atoms with Crippen LogP contribution in [0, 0.1) is 5.41 Å². The number of nitrogens with one attached hydrogen (secondary N) is 3. The van der Waals surface area contributed by atoms with Crippen LogP contribution >= 0.6 is 11.3 Å².